The summed E-state index contributed by atoms with van der Waals surface area (Å²) in [6.07, 6.45) is 1.33. The van der Waals surface area contributed by atoms with Gasteiger partial charge in [0.25, 0.3) is 5.91 Å². The molecule has 0 fully saturated rings. The Morgan fingerprint density at radius 1 is 1.25 bits per heavy atom. The molecule has 4 rings (SSSR count). The second-order valence-electron chi connectivity index (χ2n) is 5.92. The summed E-state index contributed by atoms with van der Waals surface area (Å²) < 4.78 is 5.17. The third kappa shape index (κ3) is 2.99. The maximum Gasteiger partial charge on any atom is 0.296 e. The number of aliphatic hydroxyl groups excluding tert-OH is 1. The molecule has 1 aliphatic heterocycles. The highest BCUT2D eigenvalue weighted by atomic mass is 35.5. The van der Waals surface area contributed by atoms with Crippen LogP contribution in [-0.4, -0.2) is 27.0 Å². The zero-order chi connectivity index (χ0) is 20.0. The first-order valence-corrected chi connectivity index (χ1v) is 9.55. The first-order chi connectivity index (χ1) is 13.4. The van der Waals surface area contributed by atoms with Gasteiger partial charge in [0.1, 0.15) is 5.01 Å². The maximum absolute atomic E-state index is 13.0. The molecule has 0 saturated carbocycles. The van der Waals surface area contributed by atoms with Crippen LogP contribution in [0.5, 0.6) is 0 Å². The normalized spacial score (nSPS) is 16.9. The van der Waals surface area contributed by atoms with Gasteiger partial charge >= 0.3 is 0 Å². The van der Waals surface area contributed by atoms with E-state index in [2.05, 4.69) is 10.2 Å². The summed E-state index contributed by atoms with van der Waals surface area (Å²) in [7, 11) is 0. The monoisotopic (exact) mass is 435 g/mol. The van der Waals surface area contributed by atoms with Crippen LogP contribution in [0.25, 0.3) is 0 Å². The molecule has 1 aromatic carbocycles. The van der Waals surface area contributed by atoms with Gasteiger partial charge < -0.3 is 9.52 Å². The van der Waals surface area contributed by atoms with Gasteiger partial charge in [-0.15, -0.1) is 10.2 Å². The Labute approximate surface area is 172 Å². The lowest BCUT2D eigenvalue weighted by Gasteiger charge is -2.24. The largest absolute Gasteiger partial charge is 0.503 e. The first kappa shape index (κ1) is 18.7. The smallest absolute Gasteiger partial charge is 0.296 e. The van der Waals surface area contributed by atoms with Crippen molar-refractivity contribution in [2.24, 2.45) is 0 Å². The van der Waals surface area contributed by atoms with Crippen molar-refractivity contribution in [2.45, 2.75) is 13.0 Å². The molecule has 0 aliphatic carbocycles. The number of hydrogen-bond acceptors (Lipinski definition) is 7. The summed E-state index contributed by atoms with van der Waals surface area (Å²) in [5.74, 6) is -2.06. The van der Waals surface area contributed by atoms with Crippen LogP contribution in [-0.2, 0) is 4.79 Å². The van der Waals surface area contributed by atoms with E-state index in [0.29, 0.717) is 15.6 Å². The maximum atomic E-state index is 13.0. The molecule has 142 valence electrons. The van der Waals surface area contributed by atoms with Gasteiger partial charge in [-0.2, -0.15) is 0 Å². The Morgan fingerprint density at radius 3 is 2.64 bits per heavy atom. The fraction of sp³-hybridized carbons (Fsp3) is 0.111. The predicted molar refractivity (Wildman–Crippen MR) is 104 cm³/mol. The average Bonchev–Trinajstić information content (AvgIpc) is 3.39. The number of carbonyl (C=O) groups excluding carboxylic acids is 2. The molecular weight excluding hydrogens is 425 g/mol. The lowest BCUT2D eigenvalue weighted by atomic mass is 9.95. The summed E-state index contributed by atoms with van der Waals surface area (Å²) in [5, 5.41) is 19.9. The van der Waals surface area contributed by atoms with Crippen molar-refractivity contribution in [1.29, 1.82) is 0 Å². The number of aromatic nitrogens is 2. The Balaban J connectivity index is 1.90. The third-order valence-electron chi connectivity index (χ3n) is 4.18. The van der Waals surface area contributed by atoms with Gasteiger partial charge in [-0.05, 0) is 36.8 Å². The van der Waals surface area contributed by atoms with Crippen LogP contribution in [0.15, 0.2) is 52.3 Å². The van der Waals surface area contributed by atoms with E-state index in [-0.39, 0.29) is 21.5 Å². The number of anilines is 1. The Kier molecular flexibility index (Phi) is 4.70. The first-order valence-electron chi connectivity index (χ1n) is 7.98. The molecule has 1 aliphatic rings. The van der Waals surface area contributed by atoms with Crippen molar-refractivity contribution in [3.63, 3.8) is 0 Å². The number of nitrogens with zero attached hydrogens (tertiary/aromatic N) is 3. The Morgan fingerprint density at radius 2 is 2.04 bits per heavy atom. The number of furan rings is 1. The van der Waals surface area contributed by atoms with E-state index in [0.717, 1.165) is 11.3 Å². The summed E-state index contributed by atoms with van der Waals surface area (Å²) in [6, 6.07) is 6.75. The average molecular weight is 436 g/mol. The molecular formula is C18H11Cl2N3O4S. The second kappa shape index (κ2) is 7.05. The van der Waals surface area contributed by atoms with Crippen LogP contribution >= 0.6 is 34.5 Å². The molecule has 3 heterocycles. The summed E-state index contributed by atoms with van der Waals surface area (Å²) >= 11 is 13.3. The van der Waals surface area contributed by atoms with Gasteiger partial charge in [0.05, 0.1) is 27.9 Å². The van der Waals surface area contributed by atoms with E-state index in [1.807, 2.05) is 0 Å². The molecule has 2 aromatic heterocycles. The number of aliphatic hydroxyl groups is 1. The minimum atomic E-state index is -0.966. The van der Waals surface area contributed by atoms with E-state index in [9.17, 15) is 14.7 Å². The highest BCUT2D eigenvalue weighted by Gasteiger charge is 2.46. The van der Waals surface area contributed by atoms with Gasteiger partial charge in [-0.3, -0.25) is 14.5 Å². The molecule has 3 aromatic rings. The number of rotatable bonds is 4. The Hall–Kier alpha value is -2.68. The van der Waals surface area contributed by atoms with E-state index in [1.165, 1.54) is 23.3 Å². The quantitative estimate of drug-likeness (QED) is 0.604. The standard InChI is InChI=1S/C18H11Cl2N3O4S/c1-8-21-22-18(28-8)23-14(9-4-5-10(19)11(20)7-9)13(16(25)17(23)26)15(24)12-3-2-6-27-12/h2-7,14,25H,1H3. The van der Waals surface area contributed by atoms with Gasteiger partial charge in [-0.25, -0.2) is 0 Å². The van der Waals surface area contributed by atoms with Crippen molar-refractivity contribution in [3.05, 3.63) is 74.3 Å². The van der Waals surface area contributed by atoms with Crippen molar-refractivity contribution < 1.29 is 19.1 Å². The number of benzene rings is 1. The number of ketones is 1. The zero-order valence-electron chi connectivity index (χ0n) is 14.2. The topological polar surface area (TPSA) is 96.5 Å². The fourth-order valence-electron chi connectivity index (χ4n) is 2.96. The van der Waals surface area contributed by atoms with Crippen molar-refractivity contribution in [1.82, 2.24) is 10.2 Å². The molecule has 10 heteroatoms. The van der Waals surface area contributed by atoms with Crippen LogP contribution in [0.4, 0.5) is 5.13 Å². The molecule has 1 unspecified atom stereocenters. The molecule has 0 radical (unpaired) electrons. The summed E-state index contributed by atoms with van der Waals surface area (Å²) in [4.78, 5) is 27.1. The SMILES string of the molecule is Cc1nnc(N2C(=O)C(O)=C(C(=O)c3ccco3)C2c2ccc(Cl)c(Cl)c2)s1. The lowest BCUT2D eigenvalue weighted by molar-refractivity contribution is -0.117. The van der Waals surface area contributed by atoms with Gasteiger partial charge in [0.15, 0.2) is 11.5 Å². The van der Waals surface area contributed by atoms with E-state index < -0.39 is 23.5 Å². The van der Waals surface area contributed by atoms with Crippen LogP contribution in [0.3, 0.4) is 0 Å². The van der Waals surface area contributed by atoms with Gasteiger partial charge in [0.2, 0.25) is 10.9 Å². The van der Waals surface area contributed by atoms with Crippen molar-refractivity contribution >= 4 is 51.4 Å². The number of Topliss-reactive ketones (excluding diaryl/α,β-unsaturated/α-hetero) is 1. The molecule has 0 saturated heterocycles. The molecule has 28 heavy (non-hydrogen) atoms. The highest BCUT2D eigenvalue weighted by Crippen LogP contribution is 2.43. The molecule has 1 amide bonds. The summed E-state index contributed by atoms with van der Waals surface area (Å²) in [5.41, 5.74) is 0.348. The van der Waals surface area contributed by atoms with E-state index >= 15 is 0 Å². The van der Waals surface area contributed by atoms with Crippen LogP contribution in [0.1, 0.15) is 27.2 Å². The van der Waals surface area contributed by atoms with Crippen LogP contribution in [0, 0.1) is 6.92 Å². The number of aryl methyl sites for hydroxylation is 1. The predicted octanol–water partition coefficient (Wildman–Crippen LogP) is 4.53. The minimum absolute atomic E-state index is 0.00490. The highest BCUT2D eigenvalue weighted by molar-refractivity contribution is 7.15. The third-order valence-corrected chi connectivity index (χ3v) is 5.76. The molecule has 1 atom stereocenters. The minimum Gasteiger partial charge on any atom is -0.503 e. The van der Waals surface area contributed by atoms with E-state index in [1.54, 1.807) is 25.1 Å². The second-order valence-corrected chi connectivity index (χ2v) is 7.90. The molecule has 0 bridgehead atoms. The number of halogens is 2. The number of amides is 1. The fourth-order valence-corrected chi connectivity index (χ4v) is 3.98. The van der Waals surface area contributed by atoms with Crippen LogP contribution < -0.4 is 4.90 Å². The Bertz CT molecular complexity index is 1120. The molecule has 1 N–H and O–H groups in total. The zero-order valence-corrected chi connectivity index (χ0v) is 16.5. The molecule has 7 nitrogen and oxygen atoms in total. The number of hydrogen-bond donors (Lipinski definition) is 1. The lowest BCUT2D eigenvalue weighted by Crippen LogP contribution is -2.31. The number of carbonyl (C=O) groups is 2. The summed E-state index contributed by atoms with van der Waals surface area (Å²) in [6.45, 7) is 1.73. The van der Waals surface area contributed by atoms with Gasteiger partial charge in [0, 0.05) is 0 Å². The van der Waals surface area contributed by atoms with Crippen molar-refractivity contribution in [3.8, 4) is 0 Å². The van der Waals surface area contributed by atoms with Crippen molar-refractivity contribution in [2.75, 3.05) is 4.90 Å². The molecule has 0 spiro atoms. The van der Waals surface area contributed by atoms with Crippen LogP contribution in [0.2, 0.25) is 10.0 Å². The van der Waals surface area contributed by atoms with E-state index in [4.69, 9.17) is 27.6 Å². The van der Waals surface area contributed by atoms with Gasteiger partial charge in [-0.1, -0.05) is 40.6 Å².